The molecule has 0 spiro atoms. The number of benzene rings is 2. The maximum Gasteiger partial charge on any atom is 0.416 e. The largest absolute Gasteiger partial charge is 0.503 e. The van der Waals surface area contributed by atoms with E-state index in [-0.39, 0.29) is 5.69 Å². The third-order valence-electron chi connectivity index (χ3n) is 4.03. The monoisotopic (exact) mass is 388 g/mol. The summed E-state index contributed by atoms with van der Waals surface area (Å²) >= 11 is 0. The highest BCUT2D eigenvalue weighted by molar-refractivity contribution is 6.04. The first kappa shape index (κ1) is 19.2. The number of amides is 1. The highest BCUT2D eigenvalue weighted by atomic mass is 19.4. The average molecular weight is 388 g/mol. The number of carbonyl (C=O) groups is 1. The van der Waals surface area contributed by atoms with Crippen LogP contribution in [0.25, 0.3) is 0 Å². The van der Waals surface area contributed by atoms with Crippen molar-refractivity contribution in [2.24, 2.45) is 0 Å². The van der Waals surface area contributed by atoms with Crippen LogP contribution in [0.2, 0.25) is 0 Å². The number of aromatic hydroxyl groups is 1. The first-order chi connectivity index (χ1) is 13.2. The van der Waals surface area contributed by atoms with Gasteiger partial charge in [0.25, 0.3) is 5.91 Å². The summed E-state index contributed by atoms with van der Waals surface area (Å²) in [6, 6.07) is 12.7. The molecule has 0 aliphatic heterocycles. The second-order valence-electron chi connectivity index (χ2n) is 6.09. The number of anilines is 1. The summed E-state index contributed by atoms with van der Waals surface area (Å²) in [5, 5.41) is 12.2. The lowest BCUT2D eigenvalue weighted by molar-refractivity contribution is -0.137. The van der Waals surface area contributed by atoms with Gasteiger partial charge in [-0.3, -0.25) is 9.59 Å². The Balaban J connectivity index is 1.71. The molecule has 1 aromatic heterocycles. The molecule has 0 aliphatic rings. The van der Waals surface area contributed by atoms with Gasteiger partial charge in [0.05, 0.1) is 5.56 Å². The minimum atomic E-state index is -4.39. The predicted octanol–water partition coefficient (Wildman–Crippen LogP) is 3.94. The minimum Gasteiger partial charge on any atom is -0.503 e. The fourth-order valence-electron chi connectivity index (χ4n) is 2.64. The Kier molecular flexibility index (Phi) is 5.21. The number of aromatic amines is 1. The van der Waals surface area contributed by atoms with Crippen molar-refractivity contribution in [3.8, 4) is 5.75 Å². The van der Waals surface area contributed by atoms with Crippen LogP contribution >= 0.6 is 0 Å². The molecule has 0 saturated carbocycles. The van der Waals surface area contributed by atoms with E-state index >= 15 is 0 Å². The summed E-state index contributed by atoms with van der Waals surface area (Å²) in [6.07, 6.45) is -2.85. The van der Waals surface area contributed by atoms with Crippen molar-refractivity contribution in [3.05, 3.63) is 93.4 Å². The average Bonchev–Trinajstić information content (AvgIpc) is 2.65. The lowest BCUT2D eigenvalue weighted by atomic mass is 10.0. The molecule has 0 saturated heterocycles. The molecule has 28 heavy (non-hydrogen) atoms. The van der Waals surface area contributed by atoms with Crippen LogP contribution in [-0.2, 0) is 12.6 Å². The van der Waals surface area contributed by atoms with Crippen molar-refractivity contribution in [2.75, 3.05) is 5.32 Å². The zero-order valence-corrected chi connectivity index (χ0v) is 14.4. The van der Waals surface area contributed by atoms with Crippen molar-refractivity contribution < 1.29 is 23.1 Å². The van der Waals surface area contributed by atoms with E-state index in [9.17, 15) is 27.9 Å². The quantitative estimate of drug-likeness (QED) is 0.633. The fourth-order valence-corrected chi connectivity index (χ4v) is 2.64. The van der Waals surface area contributed by atoms with Crippen LogP contribution in [-0.4, -0.2) is 16.0 Å². The minimum absolute atomic E-state index is 0.263. The molecule has 1 amide bonds. The molecule has 0 radical (unpaired) electrons. The van der Waals surface area contributed by atoms with Gasteiger partial charge in [0.2, 0.25) is 5.43 Å². The van der Waals surface area contributed by atoms with E-state index in [1.807, 2.05) is 0 Å². The Bertz CT molecular complexity index is 1060. The number of rotatable bonds is 4. The number of aromatic nitrogens is 1. The van der Waals surface area contributed by atoms with Gasteiger partial charge < -0.3 is 15.4 Å². The standard InChI is InChI=1S/C20H15F3N2O3/c21-20(22,23)14-3-1-2-13(11-14)10-12-4-6-15(7-5-12)25-19(28)17-18(27)16(26)8-9-24-17/h1-9,11,27H,10H2,(H,24,26)(H,25,28). The van der Waals surface area contributed by atoms with Crippen molar-refractivity contribution in [1.29, 1.82) is 0 Å². The van der Waals surface area contributed by atoms with Crippen molar-refractivity contribution in [3.63, 3.8) is 0 Å². The summed E-state index contributed by atoms with van der Waals surface area (Å²) in [7, 11) is 0. The maximum absolute atomic E-state index is 12.8. The molecule has 0 fully saturated rings. The van der Waals surface area contributed by atoms with Crippen LogP contribution < -0.4 is 10.7 Å². The van der Waals surface area contributed by atoms with Crippen molar-refractivity contribution >= 4 is 11.6 Å². The van der Waals surface area contributed by atoms with E-state index in [0.717, 1.165) is 23.8 Å². The van der Waals surface area contributed by atoms with Gasteiger partial charge in [-0.25, -0.2) is 0 Å². The summed E-state index contributed by atoms with van der Waals surface area (Å²) < 4.78 is 38.4. The van der Waals surface area contributed by atoms with Crippen LogP contribution in [0.15, 0.2) is 65.6 Å². The van der Waals surface area contributed by atoms with Gasteiger partial charge in [0.1, 0.15) is 0 Å². The molecular formula is C20H15F3N2O3. The number of halogens is 3. The zero-order valence-electron chi connectivity index (χ0n) is 14.4. The molecule has 1 heterocycles. The summed E-state index contributed by atoms with van der Waals surface area (Å²) in [5.74, 6) is -1.37. The highest BCUT2D eigenvalue weighted by Gasteiger charge is 2.30. The number of carbonyl (C=O) groups excluding carboxylic acids is 1. The number of hydrogen-bond donors (Lipinski definition) is 3. The molecule has 0 aliphatic carbocycles. The van der Waals surface area contributed by atoms with Crippen LogP contribution in [0.1, 0.15) is 27.2 Å². The molecule has 3 rings (SSSR count). The predicted molar refractivity (Wildman–Crippen MR) is 97.4 cm³/mol. The number of nitrogens with one attached hydrogen (secondary N) is 2. The molecule has 0 bridgehead atoms. The lowest BCUT2D eigenvalue weighted by Gasteiger charge is -2.10. The summed E-state index contributed by atoms with van der Waals surface area (Å²) in [4.78, 5) is 26.0. The second-order valence-corrected chi connectivity index (χ2v) is 6.09. The zero-order chi connectivity index (χ0) is 20.3. The topological polar surface area (TPSA) is 82.2 Å². The number of hydrogen-bond acceptors (Lipinski definition) is 3. The highest BCUT2D eigenvalue weighted by Crippen LogP contribution is 2.30. The summed E-state index contributed by atoms with van der Waals surface area (Å²) in [6.45, 7) is 0. The molecule has 144 valence electrons. The van der Waals surface area contributed by atoms with Crippen molar-refractivity contribution in [1.82, 2.24) is 4.98 Å². The van der Waals surface area contributed by atoms with Gasteiger partial charge in [-0.05, 0) is 35.7 Å². The fraction of sp³-hybridized carbons (Fsp3) is 0.100. The van der Waals surface area contributed by atoms with Crippen LogP contribution in [0.3, 0.4) is 0 Å². The van der Waals surface area contributed by atoms with E-state index in [1.165, 1.54) is 12.3 Å². The van der Waals surface area contributed by atoms with Crippen LogP contribution in [0.4, 0.5) is 18.9 Å². The van der Waals surface area contributed by atoms with Gasteiger partial charge in [0, 0.05) is 18.0 Å². The first-order valence-corrected chi connectivity index (χ1v) is 8.21. The van der Waals surface area contributed by atoms with Gasteiger partial charge in [0.15, 0.2) is 11.4 Å². The Morgan fingerprint density at radius 3 is 2.43 bits per heavy atom. The second kappa shape index (κ2) is 7.59. The van der Waals surface area contributed by atoms with E-state index in [1.54, 1.807) is 30.3 Å². The third kappa shape index (κ3) is 4.40. The third-order valence-corrected chi connectivity index (χ3v) is 4.03. The Hall–Kier alpha value is -3.55. The number of pyridine rings is 1. The molecule has 3 N–H and O–H groups in total. The lowest BCUT2D eigenvalue weighted by Crippen LogP contribution is -2.17. The van der Waals surface area contributed by atoms with E-state index < -0.39 is 28.8 Å². The summed E-state index contributed by atoms with van der Waals surface area (Å²) in [5.41, 5.74) is 0.0278. The Morgan fingerprint density at radius 2 is 1.75 bits per heavy atom. The van der Waals surface area contributed by atoms with Gasteiger partial charge in [-0.1, -0.05) is 30.3 Å². The molecule has 0 unspecified atom stereocenters. The molecule has 5 nitrogen and oxygen atoms in total. The van der Waals surface area contributed by atoms with Crippen LogP contribution in [0.5, 0.6) is 5.75 Å². The number of alkyl halides is 3. The maximum atomic E-state index is 12.8. The van der Waals surface area contributed by atoms with Gasteiger partial charge in [-0.2, -0.15) is 13.2 Å². The molecule has 3 aromatic rings. The van der Waals surface area contributed by atoms with Crippen molar-refractivity contribution in [2.45, 2.75) is 12.6 Å². The Labute approximate surface area is 157 Å². The SMILES string of the molecule is O=C(Nc1ccc(Cc2cccc(C(F)(F)F)c2)cc1)c1[nH]ccc(=O)c1O. The van der Waals surface area contributed by atoms with E-state index in [4.69, 9.17) is 0 Å². The van der Waals surface area contributed by atoms with Gasteiger partial charge in [-0.15, -0.1) is 0 Å². The normalized spacial score (nSPS) is 11.2. The molecular weight excluding hydrogens is 373 g/mol. The molecule has 8 heteroatoms. The molecule has 2 aromatic carbocycles. The molecule has 0 atom stereocenters. The van der Waals surface area contributed by atoms with Crippen LogP contribution in [0, 0.1) is 0 Å². The smallest absolute Gasteiger partial charge is 0.416 e. The van der Waals surface area contributed by atoms with Gasteiger partial charge >= 0.3 is 6.18 Å². The van der Waals surface area contributed by atoms with E-state index in [0.29, 0.717) is 17.7 Å². The number of H-pyrrole nitrogens is 1. The van der Waals surface area contributed by atoms with E-state index in [2.05, 4.69) is 10.3 Å². The Morgan fingerprint density at radius 1 is 1.04 bits per heavy atom. The first-order valence-electron chi connectivity index (χ1n) is 8.21.